The average Bonchev–Trinajstić information content (AvgIpc) is 3.64. The van der Waals surface area contributed by atoms with E-state index in [1.807, 2.05) is 78.9 Å². The van der Waals surface area contributed by atoms with E-state index in [0.29, 0.717) is 11.4 Å². The van der Waals surface area contributed by atoms with Crippen LogP contribution in [0.15, 0.2) is 121 Å². The molecule has 0 fully saturated rings. The average molecular weight is 1060 g/mol. The van der Waals surface area contributed by atoms with Crippen LogP contribution in [0.4, 0.5) is 0 Å². The van der Waals surface area contributed by atoms with Crippen LogP contribution in [0, 0.1) is 19.9 Å². The summed E-state index contributed by atoms with van der Waals surface area (Å²) in [6.45, 7) is 28.7. The third-order valence-electron chi connectivity index (χ3n) is 12.8. The van der Waals surface area contributed by atoms with Gasteiger partial charge in [0.2, 0.25) is 0 Å². The number of rotatable bonds is 9. The van der Waals surface area contributed by atoms with Crippen molar-refractivity contribution in [2.45, 2.75) is 125 Å². The van der Waals surface area contributed by atoms with E-state index in [4.69, 9.17) is 14.1 Å². The summed E-state index contributed by atoms with van der Waals surface area (Å²) in [5.74, 6) is -1.54. The third-order valence-corrected chi connectivity index (χ3v) is 12.8. The Morgan fingerprint density at radius 3 is 1.77 bits per heavy atom. The van der Waals surface area contributed by atoms with E-state index < -0.39 is 17.7 Å². The van der Waals surface area contributed by atoms with Gasteiger partial charge in [0.1, 0.15) is 11.6 Å². The quantitative estimate of drug-likeness (QED) is 0.147. The van der Waals surface area contributed by atoms with Crippen LogP contribution < -0.4 is 0 Å². The van der Waals surface area contributed by atoms with Crippen molar-refractivity contribution < 1.29 is 30.3 Å². The minimum absolute atomic E-state index is 0. The maximum atomic E-state index is 12.0. The predicted molar refractivity (Wildman–Crippen MR) is 276 cm³/mol. The number of pyridine rings is 1. The Morgan fingerprint density at radius 2 is 1.17 bits per heavy atom. The molecule has 0 atom stereocenters. The Labute approximate surface area is 413 Å². The molecule has 4 nitrogen and oxygen atoms in total. The van der Waals surface area contributed by atoms with Crippen molar-refractivity contribution in [3.05, 3.63) is 166 Å². The van der Waals surface area contributed by atoms with Gasteiger partial charge in [-0.25, -0.2) is 4.98 Å². The van der Waals surface area contributed by atoms with Gasteiger partial charge in [0.25, 0.3) is 0 Å². The second-order valence-corrected chi connectivity index (χ2v) is 20.6. The molecule has 0 bridgehead atoms. The van der Waals surface area contributed by atoms with Gasteiger partial charge in [0.05, 0.1) is 22.3 Å². The molecule has 8 aromatic rings. The van der Waals surface area contributed by atoms with E-state index in [9.17, 15) is 5.11 Å². The van der Waals surface area contributed by atoms with Gasteiger partial charge in [0, 0.05) is 37.1 Å². The molecule has 5 heteroatoms. The Bertz CT molecular complexity index is 3190. The standard InChI is InChI=1S/C61H66N3O.Pt/c1-36(2)41-18-20-42(21-19-41)44-24-25-62-54(34-44)49-31-48(32-51(33-49)61(12,13)14)52-16-15-17-56-57(52)63-59(53-35-50(60(9,10)11)27-40(8)58(53)65)64(56)55-23-22-43(26-39(55)7)47-29-45(37(3)4)28-46(30-47)38(5)6;/h15-30,32-38,65H,1-14H3;/q-1;/i36D,37D,38D;. The molecule has 8 rings (SSSR count). The molecule has 0 aliphatic heterocycles. The molecule has 2 aromatic heterocycles. The maximum Gasteiger partial charge on any atom is 0.148 e. The smallest absolute Gasteiger partial charge is 0.148 e. The Morgan fingerprint density at radius 1 is 0.576 bits per heavy atom. The van der Waals surface area contributed by atoms with Gasteiger partial charge in [-0.15, -0.1) is 29.3 Å². The predicted octanol–water partition coefficient (Wildman–Crippen LogP) is 16.8. The number of hydrogen-bond donors (Lipinski definition) is 1. The van der Waals surface area contributed by atoms with Gasteiger partial charge in [-0.1, -0.05) is 167 Å². The van der Waals surface area contributed by atoms with Gasteiger partial charge in [0.15, 0.2) is 0 Å². The van der Waals surface area contributed by atoms with Gasteiger partial charge in [-0.3, -0.25) is 9.55 Å². The first-order chi connectivity index (χ1) is 31.6. The van der Waals surface area contributed by atoms with Gasteiger partial charge in [-0.2, -0.15) is 0 Å². The first kappa shape index (κ1) is 44.3. The molecule has 0 aliphatic rings. The second kappa shape index (κ2) is 18.6. The third kappa shape index (κ3) is 9.63. The number of para-hydroxylation sites is 1. The van der Waals surface area contributed by atoms with Crippen molar-refractivity contribution in [2.75, 3.05) is 0 Å². The fourth-order valence-corrected chi connectivity index (χ4v) is 8.62. The molecule has 2 heterocycles. The number of aromatic nitrogens is 3. The zero-order chi connectivity index (χ0) is 49.5. The van der Waals surface area contributed by atoms with Crippen molar-refractivity contribution in [1.82, 2.24) is 14.5 Å². The Kier molecular flexibility index (Phi) is 12.5. The molecule has 0 spiro atoms. The zero-order valence-corrected chi connectivity index (χ0v) is 43.4. The number of hydrogen-bond acceptors (Lipinski definition) is 3. The summed E-state index contributed by atoms with van der Waals surface area (Å²) in [6.07, 6.45) is 1.86. The largest absolute Gasteiger partial charge is 0.507 e. The number of phenols is 1. The van der Waals surface area contributed by atoms with Gasteiger partial charge in [-0.05, 0) is 128 Å². The maximum absolute atomic E-state index is 12.0. The van der Waals surface area contributed by atoms with Crippen LogP contribution in [0.2, 0.25) is 0 Å². The number of phenolic OH excluding ortho intramolecular Hbond substituents is 1. The molecule has 0 unspecified atom stereocenters. The minimum atomic E-state index is -0.839. The van der Waals surface area contributed by atoms with E-state index in [1.165, 1.54) is 0 Å². The van der Waals surface area contributed by atoms with Crippen LogP contribution in [-0.2, 0) is 31.9 Å². The molecule has 1 N–H and O–H groups in total. The van der Waals surface area contributed by atoms with E-state index in [2.05, 4.69) is 150 Å². The molecular weight excluding hydrogens is 986 g/mol. The zero-order valence-electron chi connectivity index (χ0n) is 44.2. The number of aromatic hydroxyl groups is 1. The molecule has 0 aliphatic carbocycles. The SMILES string of the molecule is [2H]C(C)(C)c1ccc(-c2ccnc(-c3[c-]c(-c4cccc5c4nc(-c4cc(C(C)(C)C)cc(C)c4O)n5-c4ccc(-c5cc(C([2H])(C)C)cc(C([2H])(C)C)c5)cc4C)cc(C(C)(C)C)c3)c2)cc1.[Pt]. The van der Waals surface area contributed by atoms with E-state index >= 15 is 0 Å². The Balaban J connectivity index is 0.00000703. The van der Waals surface area contributed by atoms with Crippen molar-refractivity contribution in [1.29, 1.82) is 0 Å². The minimum Gasteiger partial charge on any atom is -0.507 e. The summed E-state index contributed by atoms with van der Waals surface area (Å²) in [7, 11) is 0. The summed E-state index contributed by atoms with van der Waals surface area (Å²) in [6, 6.07) is 43.7. The van der Waals surface area contributed by atoms with Crippen LogP contribution in [0.5, 0.6) is 5.75 Å². The fraction of sp³-hybridized carbons (Fsp3) is 0.311. The van der Waals surface area contributed by atoms with Gasteiger partial charge >= 0.3 is 0 Å². The van der Waals surface area contributed by atoms with E-state index in [-0.39, 0.29) is 37.6 Å². The molecule has 66 heavy (non-hydrogen) atoms. The molecule has 0 radical (unpaired) electrons. The van der Waals surface area contributed by atoms with Crippen LogP contribution in [0.1, 0.15) is 144 Å². The van der Waals surface area contributed by atoms with Gasteiger partial charge < -0.3 is 5.11 Å². The van der Waals surface area contributed by atoms with E-state index in [0.717, 1.165) is 100 Å². The normalized spacial score (nSPS) is 13.3. The molecule has 6 aromatic carbocycles. The Hall–Kier alpha value is -5.57. The van der Waals surface area contributed by atoms with E-state index in [1.54, 1.807) is 0 Å². The first-order valence-electron chi connectivity index (χ1n) is 24.4. The number of imidazole rings is 1. The summed E-state index contributed by atoms with van der Waals surface area (Å²) in [5, 5.41) is 12.0. The van der Waals surface area contributed by atoms with Crippen molar-refractivity contribution >= 4 is 11.0 Å². The molecule has 0 saturated carbocycles. The van der Waals surface area contributed by atoms with Crippen LogP contribution >= 0.6 is 0 Å². The van der Waals surface area contributed by atoms with Crippen LogP contribution in [0.25, 0.3) is 72.7 Å². The summed E-state index contributed by atoms with van der Waals surface area (Å²) in [5.41, 5.74) is 17.1. The summed E-state index contributed by atoms with van der Waals surface area (Å²) in [4.78, 5) is 10.4. The molecular formula is C61H66N3OPt-. The summed E-state index contributed by atoms with van der Waals surface area (Å²) >= 11 is 0. The monoisotopic (exact) mass is 1050 g/mol. The first-order valence-corrected chi connectivity index (χ1v) is 22.9. The van der Waals surface area contributed by atoms with Crippen molar-refractivity contribution in [2.24, 2.45) is 0 Å². The second-order valence-electron chi connectivity index (χ2n) is 20.6. The van der Waals surface area contributed by atoms with Crippen molar-refractivity contribution in [3.8, 4) is 67.5 Å². The summed E-state index contributed by atoms with van der Waals surface area (Å²) < 4.78 is 28.5. The molecule has 0 saturated heterocycles. The molecule has 0 amide bonds. The number of nitrogens with zero attached hydrogens (tertiary/aromatic N) is 3. The topological polar surface area (TPSA) is 50.9 Å². The van der Waals surface area contributed by atoms with Crippen LogP contribution in [0.3, 0.4) is 0 Å². The van der Waals surface area contributed by atoms with Crippen LogP contribution in [-0.4, -0.2) is 19.6 Å². The fourth-order valence-electron chi connectivity index (χ4n) is 8.62. The van der Waals surface area contributed by atoms with Crippen molar-refractivity contribution in [3.63, 3.8) is 0 Å². The number of benzene rings is 6. The number of fused-ring (bicyclic) bond motifs is 1. The molecule has 342 valence electrons. The number of aryl methyl sites for hydroxylation is 2.